The van der Waals surface area contributed by atoms with Crippen LogP contribution in [0.25, 0.3) is 0 Å². The second kappa shape index (κ2) is 13.6. The number of aliphatic carboxylic acids is 1. The molecule has 4 N–H and O–H groups in total. The molecule has 0 aliphatic carbocycles. The summed E-state index contributed by atoms with van der Waals surface area (Å²) in [5.74, 6) is -5.12. The van der Waals surface area contributed by atoms with Crippen molar-refractivity contribution in [1.29, 1.82) is 0 Å². The zero-order chi connectivity index (χ0) is 32.0. The number of ether oxygens (including phenoxy) is 1. The largest absolute Gasteiger partial charge is 0.507 e. The summed E-state index contributed by atoms with van der Waals surface area (Å²) in [6.45, 7) is 4.58. The molecule has 4 amide bonds. The molecule has 0 saturated carbocycles. The Morgan fingerprint density at radius 2 is 1.70 bits per heavy atom. The first kappa shape index (κ1) is 32.2. The maximum absolute atomic E-state index is 14.0. The normalized spacial score (nSPS) is 15.8. The van der Waals surface area contributed by atoms with Crippen molar-refractivity contribution in [3.63, 3.8) is 0 Å². The molecule has 0 saturated heterocycles. The molecule has 228 valence electrons. The Kier molecular flexibility index (Phi) is 10.2. The number of carboxylic acid groups (broad SMARTS) is 1. The average molecular weight is 597 g/mol. The van der Waals surface area contributed by atoms with Gasteiger partial charge in [0.05, 0.1) is 30.4 Å². The number of hydrogen-bond donors (Lipinski definition) is 4. The number of aryl methyl sites for hydroxylation is 2. The van der Waals surface area contributed by atoms with Gasteiger partial charge in [-0.05, 0) is 56.2 Å². The SMILES string of the molecule is CC(=O)O[C@@H](C)C(=O)N1C[C@H](NC(=O)c2cc(C)c(O)c(C)c2)C(=O)N(CC(=O)N[C@H](C=O)CC(=O)O)c2ccccc21. The van der Waals surface area contributed by atoms with Crippen molar-refractivity contribution in [3.05, 3.63) is 53.1 Å². The van der Waals surface area contributed by atoms with E-state index in [1.54, 1.807) is 26.0 Å². The lowest BCUT2D eigenvalue weighted by atomic mass is 10.0. The number of fused-ring (bicyclic) bond motifs is 1. The van der Waals surface area contributed by atoms with Gasteiger partial charge in [0.2, 0.25) is 5.91 Å². The Balaban J connectivity index is 2.05. The van der Waals surface area contributed by atoms with Gasteiger partial charge in [-0.1, -0.05) is 12.1 Å². The van der Waals surface area contributed by atoms with E-state index in [2.05, 4.69) is 10.6 Å². The van der Waals surface area contributed by atoms with Crippen LogP contribution in [-0.2, 0) is 33.5 Å². The number of carboxylic acids is 1. The maximum atomic E-state index is 14.0. The van der Waals surface area contributed by atoms with Crippen LogP contribution in [0.5, 0.6) is 5.75 Å². The van der Waals surface area contributed by atoms with Gasteiger partial charge in [0.25, 0.3) is 17.7 Å². The van der Waals surface area contributed by atoms with Crippen LogP contribution in [0.3, 0.4) is 0 Å². The molecule has 0 radical (unpaired) electrons. The van der Waals surface area contributed by atoms with Gasteiger partial charge >= 0.3 is 11.9 Å². The molecule has 3 rings (SSSR count). The Morgan fingerprint density at radius 3 is 2.26 bits per heavy atom. The summed E-state index contributed by atoms with van der Waals surface area (Å²) in [5.41, 5.74) is 1.22. The highest BCUT2D eigenvalue weighted by molar-refractivity contribution is 6.11. The van der Waals surface area contributed by atoms with Crippen molar-refractivity contribution >= 4 is 53.2 Å². The second-order valence-corrected chi connectivity index (χ2v) is 10.0. The van der Waals surface area contributed by atoms with E-state index in [9.17, 15) is 38.7 Å². The summed E-state index contributed by atoms with van der Waals surface area (Å²) in [7, 11) is 0. The van der Waals surface area contributed by atoms with Gasteiger partial charge in [-0.2, -0.15) is 0 Å². The van der Waals surface area contributed by atoms with E-state index in [0.717, 1.165) is 16.7 Å². The summed E-state index contributed by atoms with van der Waals surface area (Å²) < 4.78 is 5.07. The van der Waals surface area contributed by atoms with Gasteiger partial charge in [0.1, 0.15) is 24.6 Å². The van der Waals surface area contributed by atoms with E-state index in [1.807, 2.05) is 0 Å². The van der Waals surface area contributed by atoms with Crippen LogP contribution in [0.1, 0.15) is 41.8 Å². The molecule has 14 nitrogen and oxygen atoms in total. The fraction of sp³-hybridized carbons (Fsp3) is 0.345. The minimum Gasteiger partial charge on any atom is -0.507 e. The van der Waals surface area contributed by atoms with Gasteiger partial charge in [0, 0.05) is 12.5 Å². The first-order chi connectivity index (χ1) is 20.2. The van der Waals surface area contributed by atoms with Crippen molar-refractivity contribution in [2.24, 2.45) is 0 Å². The van der Waals surface area contributed by atoms with Gasteiger partial charge < -0.3 is 35.3 Å². The van der Waals surface area contributed by atoms with E-state index < -0.39 is 73.3 Å². The van der Waals surface area contributed by atoms with Crippen molar-refractivity contribution in [2.75, 3.05) is 22.9 Å². The van der Waals surface area contributed by atoms with Crippen LogP contribution in [0.15, 0.2) is 36.4 Å². The fourth-order valence-corrected chi connectivity index (χ4v) is 4.63. The molecule has 0 unspecified atom stereocenters. The minimum atomic E-state index is -1.42. The number of phenols is 1. The molecule has 0 aromatic heterocycles. The number of aldehydes is 1. The number of aromatic hydroxyl groups is 1. The number of rotatable bonds is 10. The third kappa shape index (κ3) is 7.72. The van der Waals surface area contributed by atoms with Crippen molar-refractivity contribution in [2.45, 2.75) is 52.3 Å². The smallest absolute Gasteiger partial charge is 0.305 e. The lowest BCUT2D eigenvalue weighted by molar-refractivity contribution is -0.151. The molecule has 14 heteroatoms. The Bertz CT molecular complexity index is 1450. The monoisotopic (exact) mass is 596 g/mol. The highest BCUT2D eigenvalue weighted by Gasteiger charge is 2.39. The first-order valence-corrected chi connectivity index (χ1v) is 13.2. The lowest BCUT2D eigenvalue weighted by Crippen LogP contribution is -2.55. The molecule has 1 aliphatic rings. The molecular formula is C29H32N4O10. The summed E-state index contributed by atoms with van der Waals surface area (Å²) in [6, 6.07) is 6.16. The molecule has 1 aliphatic heterocycles. The number of nitrogens with zero attached hydrogens (tertiary/aromatic N) is 2. The molecule has 0 spiro atoms. The summed E-state index contributed by atoms with van der Waals surface area (Å²) in [5, 5.41) is 24.0. The van der Waals surface area contributed by atoms with E-state index in [4.69, 9.17) is 9.84 Å². The topological polar surface area (TPSA) is 200 Å². The van der Waals surface area contributed by atoms with E-state index in [-0.39, 0.29) is 29.0 Å². The molecule has 3 atom stereocenters. The van der Waals surface area contributed by atoms with Gasteiger partial charge in [-0.25, -0.2) is 0 Å². The fourth-order valence-electron chi connectivity index (χ4n) is 4.63. The first-order valence-electron chi connectivity index (χ1n) is 13.2. The van der Waals surface area contributed by atoms with Crippen molar-refractivity contribution in [1.82, 2.24) is 10.6 Å². The minimum absolute atomic E-state index is 0.00230. The number of para-hydroxylation sites is 2. The molecule has 2 aromatic rings. The molecule has 2 aromatic carbocycles. The number of nitrogens with one attached hydrogen (secondary N) is 2. The highest BCUT2D eigenvalue weighted by Crippen LogP contribution is 2.33. The van der Waals surface area contributed by atoms with Crippen LogP contribution in [-0.4, -0.2) is 83.3 Å². The van der Waals surface area contributed by atoms with E-state index >= 15 is 0 Å². The number of anilines is 2. The van der Waals surface area contributed by atoms with Crippen LogP contribution in [0.2, 0.25) is 0 Å². The Labute approximate surface area is 246 Å². The zero-order valence-corrected chi connectivity index (χ0v) is 23.9. The third-order valence-corrected chi connectivity index (χ3v) is 6.61. The van der Waals surface area contributed by atoms with Crippen LogP contribution < -0.4 is 20.4 Å². The average Bonchev–Trinajstić information content (AvgIpc) is 3.04. The molecule has 1 heterocycles. The molecule has 0 fully saturated rings. The van der Waals surface area contributed by atoms with Gasteiger partial charge in [-0.3, -0.25) is 33.7 Å². The summed E-state index contributed by atoms with van der Waals surface area (Å²) in [4.78, 5) is 89.8. The maximum Gasteiger partial charge on any atom is 0.305 e. The molecule has 43 heavy (non-hydrogen) atoms. The lowest BCUT2D eigenvalue weighted by Gasteiger charge is -2.27. The molecular weight excluding hydrogens is 564 g/mol. The number of esters is 1. The van der Waals surface area contributed by atoms with Crippen molar-refractivity contribution < 1.29 is 48.5 Å². The van der Waals surface area contributed by atoms with E-state index in [0.29, 0.717) is 11.1 Å². The summed E-state index contributed by atoms with van der Waals surface area (Å²) in [6.07, 6.45) is -1.69. The summed E-state index contributed by atoms with van der Waals surface area (Å²) >= 11 is 0. The third-order valence-electron chi connectivity index (χ3n) is 6.61. The van der Waals surface area contributed by atoms with Crippen molar-refractivity contribution in [3.8, 4) is 5.75 Å². The second-order valence-electron chi connectivity index (χ2n) is 10.0. The number of amides is 4. The predicted octanol–water partition coefficient (Wildman–Crippen LogP) is 0.597. The van der Waals surface area contributed by atoms with Crippen LogP contribution >= 0.6 is 0 Å². The van der Waals surface area contributed by atoms with Gasteiger partial charge in [-0.15, -0.1) is 0 Å². The van der Waals surface area contributed by atoms with Crippen LogP contribution in [0.4, 0.5) is 11.4 Å². The standard InChI is InChI=1S/C29H32N4O10/c1-15-9-19(10-16(2)26(15)39)27(40)31-21-12-32(28(41)17(3)43-18(4)35)22-7-5-6-8-23(22)33(29(21)42)13-24(36)30-20(14-34)11-25(37)38/h5-10,14,17,20-21,39H,11-13H2,1-4H3,(H,30,36)(H,31,40)(H,37,38)/t17-,20-,21-/m0/s1. The number of benzene rings is 2. The molecule has 0 bridgehead atoms. The van der Waals surface area contributed by atoms with Crippen LogP contribution in [0, 0.1) is 13.8 Å². The number of carbonyl (C=O) groups excluding carboxylic acids is 6. The number of phenolic OH excluding ortho intramolecular Hbond substituents is 1. The predicted molar refractivity (Wildman–Crippen MR) is 151 cm³/mol. The highest BCUT2D eigenvalue weighted by atomic mass is 16.5. The van der Waals surface area contributed by atoms with Gasteiger partial charge in [0.15, 0.2) is 6.10 Å². The Morgan fingerprint density at radius 1 is 1.09 bits per heavy atom. The zero-order valence-electron chi connectivity index (χ0n) is 23.9. The Hall–Kier alpha value is -5.27. The number of hydrogen-bond acceptors (Lipinski definition) is 9. The quantitative estimate of drug-likeness (QED) is 0.222. The van der Waals surface area contributed by atoms with E-state index in [1.165, 1.54) is 31.2 Å². The number of carbonyl (C=O) groups is 7.